The molecule has 0 aliphatic carbocycles. The van der Waals surface area contributed by atoms with Crippen molar-refractivity contribution in [3.05, 3.63) is 11.9 Å². The summed E-state index contributed by atoms with van der Waals surface area (Å²) < 4.78 is 0. The Balaban J connectivity index is 2.02. The van der Waals surface area contributed by atoms with Crippen LogP contribution in [0, 0.1) is 0 Å². The average Bonchev–Trinajstić information content (AvgIpc) is 2.86. The molecule has 1 aliphatic rings. The zero-order valence-electron chi connectivity index (χ0n) is 8.88. The lowest BCUT2D eigenvalue weighted by atomic mass is 10.3. The van der Waals surface area contributed by atoms with Gasteiger partial charge in [-0.3, -0.25) is 0 Å². The average molecular weight is 194 g/mol. The number of nitrogens with zero attached hydrogens (tertiary/aromatic N) is 2. The summed E-state index contributed by atoms with van der Waals surface area (Å²) in [5.41, 5.74) is 1.22. The highest BCUT2D eigenvalue weighted by molar-refractivity contribution is 5.33. The molecule has 2 heterocycles. The van der Waals surface area contributed by atoms with Gasteiger partial charge in [0.1, 0.15) is 0 Å². The molecule has 1 fully saturated rings. The molecule has 1 aliphatic heterocycles. The standard InChI is InChI=1S/C10H18N4/c1-3-8-6-12-10(13-8)14-5-4-9(7-14)11-2/h6,9,11H,3-5,7H2,1-2H3,(H,12,13). The SMILES string of the molecule is CCc1cnc(N2CCC(NC)C2)[nH]1. The van der Waals surface area contributed by atoms with Gasteiger partial charge in [0.2, 0.25) is 5.95 Å². The molecule has 2 rings (SSSR count). The fourth-order valence-corrected chi connectivity index (χ4v) is 1.88. The highest BCUT2D eigenvalue weighted by Gasteiger charge is 2.22. The molecule has 0 spiro atoms. The van der Waals surface area contributed by atoms with Crippen LogP contribution in [0.2, 0.25) is 0 Å². The Morgan fingerprint density at radius 2 is 2.57 bits per heavy atom. The van der Waals surface area contributed by atoms with E-state index in [9.17, 15) is 0 Å². The number of aryl methyl sites for hydroxylation is 1. The van der Waals surface area contributed by atoms with E-state index >= 15 is 0 Å². The van der Waals surface area contributed by atoms with Crippen molar-refractivity contribution in [1.82, 2.24) is 15.3 Å². The Morgan fingerprint density at radius 3 is 3.14 bits per heavy atom. The zero-order chi connectivity index (χ0) is 9.97. The van der Waals surface area contributed by atoms with E-state index in [2.05, 4.69) is 27.1 Å². The second-order valence-electron chi connectivity index (χ2n) is 3.81. The van der Waals surface area contributed by atoms with E-state index in [1.807, 2.05) is 13.2 Å². The summed E-state index contributed by atoms with van der Waals surface area (Å²) in [4.78, 5) is 10.0. The molecule has 4 heteroatoms. The van der Waals surface area contributed by atoms with Crippen LogP contribution in [0.4, 0.5) is 5.95 Å². The van der Waals surface area contributed by atoms with E-state index < -0.39 is 0 Å². The predicted molar refractivity (Wildman–Crippen MR) is 57.6 cm³/mol. The molecule has 1 unspecified atom stereocenters. The van der Waals surface area contributed by atoms with Crippen molar-refractivity contribution in [2.75, 3.05) is 25.0 Å². The maximum Gasteiger partial charge on any atom is 0.203 e. The maximum absolute atomic E-state index is 4.38. The number of hydrogen-bond donors (Lipinski definition) is 2. The Morgan fingerprint density at radius 1 is 1.71 bits per heavy atom. The molecule has 1 aromatic heterocycles. The first-order chi connectivity index (χ1) is 6.83. The Labute approximate surface area is 84.7 Å². The lowest BCUT2D eigenvalue weighted by molar-refractivity contribution is 0.616. The summed E-state index contributed by atoms with van der Waals surface area (Å²) in [5.74, 6) is 1.03. The quantitative estimate of drug-likeness (QED) is 0.747. The molecular formula is C10H18N4. The van der Waals surface area contributed by atoms with Gasteiger partial charge in [-0.25, -0.2) is 4.98 Å². The summed E-state index contributed by atoms with van der Waals surface area (Å²) in [6, 6.07) is 0.616. The van der Waals surface area contributed by atoms with Gasteiger partial charge in [0.15, 0.2) is 0 Å². The third kappa shape index (κ3) is 1.75. The fraction of sp³-hybridized carbons (Fsp3) is 0.700. The van der Waals surface area contributed by atoms with Crippen molar-refractivity contribution in [3.63, 3.8) is 0 Å². The van der Waals surface area contributed by atoms with Crippen LogP contribution in [-0.4, -0.2) is 36.1 Å². The molecule has 0 bridgehead atoms. The minimum Gasteiger partial charge on any atom is -0.341 e. The third-order valence-corrected chi connectivity index (χ3v) is 2.89. The first-order valence-corrected chi connectivity index (χ1v) is 5.29. The number of nitrogens with one attached hydrogen (secondary N) is 2. The molecule has 2 N–H and O–H groups in total. The minimum absolute atomic E-state index is 0.616. The van der Waals surface area contributed by atoms with Crippen LogP contribution < -0.4 is 10.2 Å². The topological polar surface area (TPSA) is 44.0 Å². The molecule has 1 atom stereocenters. The number of anilines is 1. The second-order valence-corrected chi connectivity index (χ2v) is 3.81. The van der Waals surface area contributed by atoms with Crippen LogP contribution in [0.25, 0.3) is 0 Å². The van der Waals surface area contributed by atoms with Crippen molar-refractivity contribution < 1.29 is 0 Å². The normalized spacial score (nSPS) is 21.9. The van der Waals surface area contributed by atoms with Crippen molar-refractivity contribution in [2.24, 2.45) is 0 Å². The smallest absolute Gasteiger partial charge is 0.203 e. The van der Waals surface area contributed by atoms with Crippen LogP contribution in [0.3, 0.4) is 0 Å². The van der Waals surface area contributed by atoms with Gasteiger partial charge in [-0.1, -0.05) is 6.92 Å². The lowest BCUT2D eigenvalue weighted by Gasteiger charge is -2.14. The Kier molecular flexibility index (Phi) is 2.72. The van der Waals surface area contributed by atoms with E-state index in [1.54, 1.807) is 0 Å². The van der Waals surface area contributed by atoms with Gasteiger partial charge < -0.3 is 15.2 Å². The van der Waals surface area contributed by atoms with Gasteiger partial charge in [-0.15, -0.1) is 0 Å². The summed E-state index contributed by atoms with van der Waals surface area (Å²) in [7, 11) is 2.02. The number of imidazole rings is 1. The van der Waals surface area contributed by atoms with E-state index in [0.717, 1.165) is 25.5 Å². The summed E-state index contributed by atoms with van der Waals surface area (Å²) in [6.07, 6.45) is 4.16. The summed E-state index contributed by atoms with van der Waals surface area (Å²) >= 11 is 0. The molecule has 14 heavy (non-hydrogen) atoms. The lowest BCUT2D eigenvalue weighted by Crippen LogP contribution is -2.29. The van der Waals surface area contributed by atoms with Gasteiger partial charge in [0, 0.05) is 24.8 Å². The monoisotopic (exact) mass is 194 g/mol. The molecule has 0 saturated carbocycles. The Bertz CT molecular complexity index is 294. The molecule has 4 nitrogen and oxygen atoms in total. The van der Waals surface area contributed by atoms with Crippen LogP contribution >= 0.6 is 0 Å². The van der Waals surface area contributed by atoms with Crippen molar-refractivity contribution in [1.29, 1.82) is 0 Å². The predicted octanol–water partition coefficient (Wildman–Crippen LogP) is 0.770. The first-order valence-electron chi connectivity index (χ1n) is 5.29. The summed E-state index contributed by atoms with van der Waals surface area (Å²) in [5, 5.41) is 3.30. The molecule has 0 amide bonds. The van der Waals surface area contributed by atoms with E-state index in [-0.39, 0.29) is 0 Å². The molecular weight excluding hydrogens is 176 g/mol. The second kappa shape index (κ2) is 4.00. The number of aromatic nitrogens is 2. The molecule has 1 aromatic rings. The van der Waals surface area contributed by atoms with Crippen LogP contribution in [0.5, 0.6) is 0 Å². The Hall–Kier alpha value is -1.03. The zero-order valence-corrected chi connectivity index (χ0v) is 8.88. The van der Waals surface area contributed by atoms with E-state index in [1.165, 1.54) is 12.1 Å². The molecule has 1 saturated heterocycles. The van der Waals surface area contributed by atoms with Gasteiger partial charge in [-0.05, 0) is 19.9 Å². The third-order valence-electron chi connectivity index (χ3n) is 2.89. The van der Waals surface area contributed by atoms with Crippen LogP contribution in [0.15, 0.2) is 6.20 Å². The minimum atomic E-state index is 0.616. The maximum atomic E-state index is 4.38. The van der Waals surface area contributed by atoms with E-state index in [0.29, 0.717) is 6.04 Å². The van der Waals surface area contributed by atoms with E-state index in [4.69, 9.17) is 0 Å². The number of rotatable bonds is 3. The van der Waals surface area contributed by atoms with Gasteiger partial charge in [-0.2, -0.15) is 0 Å². The number of H-pyrrole nitrogens is 1. The fourth-order valence-electron chi connectivity index (χ4n) is 1.88. The summed E-state index contributed by atoms with van der Waals surface area (Å²) in [6.45, 7) is 4.30. The first kappa shape index (κ1) is 9.52. The largest absolute Gasteiger partial charge is 0.341 e. The number of aromatic amines is 1. The van der Waals surface area contributed by atoms with Crippen molar-refractivity contribution in [2.45, 2.75) is 25.8 Å². The highest BCUT2D eigenvalue weighted by Crippen LogP contribution is 2.16. The van der Waals surface area contributed by atoms with Gasteiger partial charge in [0.25, 0.3) is 0 Å². The van der Waals surface area contributed by atoms with Crippen molar-refractivity contribution in [3.8, 4) is 0 Å². The highest BCUT2D eigenvalue weighted by atomic mass is 15.3. The van der Waals surface area contributed by atoms with Gasteiger partial charge in [0.05, 0.1) is 6.20 Å². The van der Waals surface area contributed by atoms with Gasteiger partial charge >= 0.3 is 0 Å². The van der Waals surface area contributed by atoms with Crippen molar-refractivity contribution >= 4 is 5.95 Å². The molecule has 78 valence electrons. The number of hydrogen-bond acceptors (Lipinski definition) is 3. The van der Waals surface area contributed by atoms with Crippen LogP contribution in [-0.2, 0) is 6.42 Å². The van der Waals surface area contributed by atoms with Crippen LogP contribution in [0.1, 0.15) is 19.0 Å². The number of likely N-dealkylation sites (N-methyl/N-ethyl adjacent to an activating group) is 1. The molecule has 0 radical (unpaired) electrons. The molecule has 0 aromatic carbocycles.